The highest BCUT2D eigenvalue weighted by molar-refractivity contribution is 9.10. The molecule has 0 radical (unpaired) electrons. The first-order valence-electron chi connectivity index (χ1n) is 6.98. The van der Waals surface area contributed by atoms with Gasteiger partial charge in [0.15, 0.2) is 0 Å². The second-order valence-electron chi connectivity index (χ2n) is 5.31. The fourth-order valence-corrected chi connectivity index (χ4v) is 3.40. The molecule has 0 bridgehead atoms. The summed E-state index contributed by atoms with van der Waals surface area (Å²) in [6.45, 7) is 1.97. The van der Waals surface area contributed by atoms with Crippen molar-refractivity contribution in [2.24, 2.45) is 0 Å². The molecule has 0 amide bonds. The summed E-state index contributed by atoms with van der Waals surface area (Å²) < 4.78 is 0.635. The third kappa shape index (κ3) is 2.95. The van der Waals surface area contributed by atoms with Gasteiger partial charge in [-0.25, -0.2) is 4.79 Å². The van der Waals surface area contributed by atoms with Gasteiger partial charge in [0.25, 0.3) is 0 Å². The van der Waals surface area contributed by atoms with E-state index in [0.717, 1.165) is 25.2 Å². The van der Waals surface area contributed by atoms with Gasteiger partial charge in [0.05, 0.1) is 5.56 Å². The molecular formula is C17H16BrNO2. The van der Waals surface area contributed by atoms with E-state index in [1.165, 1.54) is 5.56 Å². The minimum Gasteiger partial charge on any atom is -0.478 e. The number of nitrogens with zero attached hydrogens (tertiary/aromatic N) is 1. The lowest BCUT2D eigenvalue weighted by Crippen LogP contribution is -2.19. The highest BCUT2D eigenvalue weighted by Gasteiger charge is 2.24. The molecule has 1 heterocycles. The molecule has 21 heavy (non-hydrogen) atoms. The molecule has 1 aliphatic heterocycles. The van der Waals surface area contributed by atoms with Gasteiger partial charge in [0.1, 0.15) is 0 Å². The average Bonchev–Trinajstić information content (AvgIpc) is 2.97. The van der Waals surface area contributed by atoms with Crippen molar-refractivity contribution < 1.29 is 9.90 Å². The van der Waals surface area contributed by atoms with Crippen LogP contribution in [0.1, 0.15) is 28.3 Å². The zero-order chi connectivity index (χ0) is 14.8. The maximum Gasteiger partial charge on any atom is 0.336 e. The molecule has 0 aliphatic carbocycles. The Morgan fingerprint density at radius 1 is 1.19 bits per heavy atom. The Morgan fingerprint density at radius 3 is 2.62 bits per heavy atom. The van der Waals surface area contributed by atoms with E-state index < -0.39 is 5.97 Å². The number of carboxylic acids is 1. The number of hydrogen-bond acceptors (Lipinski definition) is 2. The number of benzene rings is 2. The van der Waals surface area contributed by atoms with E-state index in [9.17, 15) is 4.79 Å². The lowest BCUT2D eigenvalue weighted by molar-refractivity contribution is 0.0696. The Hall–Kier alpha value is -1.81. The zero-order valence-electron chi connectivity index (χ0n) is 11.5. The van der Waals surface area contributed by atoms with E-state index in [1.807, 2.05) is 18.2 Å². The largest absolute Gasteiger partial charge is 0.478 e. The fourth-order valence-electron chi connectivity index (χ4n) is 2.87. The van der Waals surface area contributed by atoms with E-state index >= 15 is 0 Å². The number of hydrogen-bond donors (Lipinski definition) is 1. The van der Waals surface area contributed by atoms with Crippen LogP contribution in [-0.4, -0.2) is 24.2 Å². The van der Waals surface area contributed by atoms with Crippen molar-refractivity contribution in [3.8, 4) is 0 Å². The molecule has 3 nitrogen and oxygen atoms in total. The summed E-state index contributed by atoms with van der Waals surface area (Å²) in [5.41, 5.74) is 2.75. The molecule has 3 rings (SSSR count). The zero-order valence-corrected chi connectivity index (χ0v) is 13.1. The molecule has 108 valence electrons. The predicted molar refractivity (Wildman–Crippen MR) is 87.1 cm³/mol. The summed E-state index contributed by atoms with van der Waals surface area (Å²) in [6.07, 6.45) is 1.13. The molecule has 1 aliphatic rings. The topological polar surface area (TPSA) is 40.5 Å². The summed E-state index contributed by atoms with van der Waals surface area (Å²) >= 11 is 3.35. The second kappa shape index (κ2) is 5.90. The molecule has 4 heteroatoms. The van der Waals surface area contributed by atoms with Gasteiger partial charge < -0.3 is 10.0 Å². The van der Waals surface area contributed by atoms with Crippen LogP contribution >= 0.6 is 15.9 Å². The van der Waals surface area contributed by atoms with Crippen LogP contribution < -0.4 is 4.90 Å². The van der Waals surface area contributed by atoms with Crippen LogP contribution in [0.25, 0.3) is 0 Å². The molecule has 1 atom stereocenters. The van der Waals surface area contributed by atoms with Gasteiger partial charge in [-0.05, 0) is 46.1 Å². The van der Waals surface area contributed by atoms with Gasteiger partial charge in [-0.1, -0.05) is 30.3 Å². The summed E-state index contributed by atoms with van der Waals surface area (Å²) in [4.78, 5) is 13.4. The smallest absolute Gasteiger partial charge is 0.336 e. The summed E-state index contributed by atoms with van der Waals surface area (Å²) in [6, 6.07) is 16.0. The standard InChI is InChI=1S/C17H16BrNO2/c18-16-10-14(6-7-15(16)17(20)21)19-9-8-13(11-19)12-4-2-1-3-5-12/h1-7,10,13H,8-9,11H2,(H,20,21). The second-order valence-corrected chi connectivity index (χ2v) is 6.17. The van der Waals surface area contributed by atoms with Crippen LogP contribution in [0.4, 0.5) is 5.69 Å². The highest BCUT2D eigenvalue weighted by Crippen LogP contribution is 2.32. The normalized spacial score (nSPS) is 18.0. The number of carbonyl (C=O) groups is 1. The first kappa shape index (κ1) is 14.1. The van der Waals surface area contributed by atoms with E-state index in [-0.39, 0.29) is 0 Å². The molecular weight excluding hydrogens is 330 g/mol. The Bertz CT molecular complexity index is 657. The van der Waals surface area contributed by atoms with Crippen molar-refractivity contribution in [3.05, 3.63) is 64.1 Å². The molecule has 2 aromatic carbocycles. The van der Waals surface area contributed by atoms with E-state index in [2.05, 4.69) is 45.1 Å². The van der Waals surface area contributed by atoms with Crippen LogP contribution in [0.2, 0.25) is 0 Å². The Kier molecular flexibility index (Phi) is 3.97. The van der Waals surface area contributed by atoms with Crippen LogP contribution in [0, 0.1) is 0 Å². The fraction of sp³-hybridized carbons (Fsp3) is 0.235. The maximum atomic E-state index is 11.0. The molecule has 1 unspecified atom stereocenters. The summed E-state index contributed by atoms with van der Waals surface area (Å²) in [5.74, 6) is -0.360. The maximum absolute atomic E-state index is 11.0. The Balaban J connectivity index is 1.77. The van der Waals surface area contributed by atoms with E-state index in [0.29, 0.717) is 16.0 Å². The third-order valence-electron chi connectivity index (χ3n) is 4.01. The quantitative estimate of drug-likeness (QED) is 0.908. The van der Waals surface area contributed by atoms with Gasteiger partial charge in [-0.2, -0.15) is 0 Å². The molecule has 2 aromatic rings. The number of carboxylic acid groups (broad SMARTS) is 1. The van der Waals surface area contributed by atoms with Gasteiger partial charge in [-0.3, -0.25) is 0 Å². The number of halogens is 1. The van der Waals surface area contributed by atoms with Crippen LogP contribution in [0.5, 0.6) is 0 Å². The predicted octanol–water partition coefficient (Wildman–Crippen LogP) is 4.14. The monoisotopic (exact) mass is 345 g/mol. The number of anilines is 1. The van der Waals surface area contributed by atoms with Crippen LogP contribution in [-0.2, 0) is 0 Å². The molecule has 1 N–H and O–H groups in total. The van der Waals surface area contributed by atoms with E-state index in [1.54, 1.807) is 6.07 Å². The molecule has 0 aromatic heterocycles. The van der Waals surface area contributed by atoms with Crippen molar-refractivity contribution in [3.63, 3.8) is 0 Å². The van der Waals surface area contributed by atoms with Crippen molar-refractivity contribution in [1.82, 2.24) is 0 Å². The SMILES string of the molecule is O=C(O)c1ccc(N2CCC(c3ccccc3)C2)cc1Br. The van der Waals surface area contributed by atoms with Crippen molar-refractivity contribution in [1.29, 1.82) is 0 Å². The number of rotatable bonds is 3. The first-order chi connectivity index (χ1) is 10.1. The van der Waals surface area contributed by atoms with Gasteiger partial charge in [0.2, 0.25) is 0 Å². The molecule has 0 spiro atoms. The summed E-state index contributed by atoms with van der Waals surface area (Å²) in [5, 5.41) is 9.07. The van der Waals surface area contributed by atoms with Crippen molar-refractivity contribution in [2.45, 2.75) is 12.3 Å². The molecule has 1 saturated heterocycles. The Morgan fingerprint density at radius 2 is 1.95 bits per heavy atom. The van der Waals surface area contributed by atoms with Crippen LogP contribution in [0.3, 0.4) is 0 Å². The molecule has 1 fully saturated rings. The van der Waals surface area contributed by atoms with Gasteiger partial charge in [-0.15, -0.1) is 0 Å². The highest BCUT2D eigenvalue weighted by atomic mass is 79.9. The lowest BCUT2D eigenvalue weighted by Gasteiger charge is -2.19. The van der Waals surface area contributed by atoms with E-state index in [4.69, 9.17) is 5.11 Å². The molecule has 0 saturated carbocycles. The van der Waals surface area contributed by atoms with Gasteiger partial charge >= 0.3 is 5.97 Å². The van der Waals surface area contributed by atoms with Crippen molar-refractivity contribution in [2.75, 3.05) is 18.0 Å². The van der Waals surface area contributed by atoms with Gasteiger partial charge in [0, 0.05) is 29.2 Å². The average molecular weight is 346 g/mol. The minimum absolute atomic E-state index is 0.303. The summed E-state index contributed by atoms with van der Waals surface area (Å²) in [7, 11) is 0. The first-order valence-corrected chi connectivity index (χ1v) is 7.77. The number of aromatic carboxylic acids is 1. The van der Waals surface area contributed by atoms with Crippen molar-refractivity contribution >= 4 is 27.6 Å². The third-order valence-corrected chi connectivity index (χ3v) is 4.66. The minimum atomic E-state index is -0.906. The lowest BCUT2D eigenvalue weighted by atomic mass is 9.99. The Labute approximate surface area is 132 Å². The van der Waals surface area contributed by atoms with Crippen LogP contribution in [0.15, 0.2) is 53.0 Å².